The molecule has 0 saturated heterocycles. The Morgan fingerprint density at radius 3 is 2.00 bits per heavy atom. The molecule has 0 aromatic heterocycles. The zero-order valence-electron chi connectivity index (χ0n) is 17.3. The van der Waals surface area contributed by atoms with Crippen molar-refractivity contribution < 1.29 is 0 Å². The van der Waals surface area contributed by atoms with Crippen molar-refractivity contribution in [3.05, 3.63) is 41.5 Å². The van der Waals surface area contributed by atoms with Crippen LogP contribution in [0.2, 0.25) is 0 Å². The number of rotatable bonds is 8. The van der Waals surface area contributed by atoms with Gasteiger partial charge in [-0.15, -0.1) is 0 Å². The van der Waals surface area contributed by atoms with Gasteiger partial charge in [-0.25, -0.2) is 0 Å². The van der Waals surface area contributed by atoms with E-state index in [0.29, 0.717) is 0 Å². The predicted molar refractivity (Wildman–Crippen MR) is 116 cm³/mol. The monoisotopic (exact) mass is 352 g/mol. The highest BCUT2D eigenvalue weighted by atomic mass is 14.3. The van der Waals surface area contributed by atoms with Crippen molar-refractivity contribution in [2.75, 3.05) is 0 Å². The summed E-state index contributed by atoms with van der Waals surface area (Å²) in [5.74, 6) is 2.78. The molecule has 3 rings (SSSR count). The standard InChI is InChI=1S/C26H40/c1-3-5-7-21-9-13-23(14-10-21)25-17-19-26(20-18-25)24-15-11-22(12-16-24)8-6-4-2/h13,17-22,24H,3-12,14-16H2,1-2H3/t21?,22-,24-. The van der Waals surface area contributed by atoms with Gasteiger partial charge in [-0.3, -0.25) is 0 Å². The summed E-state index contributed by atoms with van der Waals surface area (Å²) in [4.78, 5) is 0. The van der Waals surface area contributed by atoms with E-state index in [0.717, 1.165) is 17.8 Å². The summed E-state index contributed by atoms with van der Waals surface area (Å²) in [6.07, 6.45) is 20.7. The Kier molecular flexibility index (Phi) is 7.84. The molecule has 1 saturated carbocycles. The minimum atomic E-state index is 0.820. The van der Waals surface area contributed by atoms with E-state index in [1.807, 2.05) is 0 Å². The number of unbranched alkanes of at least 4 members (excludes halogenated alkanes) is 2. The van der Waals surface area contributed by atoms with E-state index in [4.69, 9.17) is 0 Å². The highest BCUT2D eigenvalue weighted by Crippen LogP contribution is 2.38. The van der Waals surface area contributed by atoms with Crippen LogP contribution in [0.15, 0.2) is 30.3 Å². The fourth-order valence-corrected chi connectivity index (χ4v) is 5.15. The van der Waals surface area contributed by atoms with E-state index >= 15 is 0 Å². The lowest BCUT2D eigenvalue weighted by molar-refractivity contribution is 0.304. The van der Waals surface area contributed by atoms with Crippen molar-refractivity contribution in [2.24, 2.45) is 11.8 Å². The van der Waals surface area contributed by atoms with E-state index in [-0.39, 0.29) is 0 Å². The third kappa shape index (κ3) is 5.48. The minimum absolute atomic E-state index is 0.820. The van der Waals surface area contributed by atoms with Gasteiger partial charge in [-0.1, -0.05) is 82.7 Å². The van der Waals surface area contributed by atoms with Gasteiger partial charge in [0.25, 0.3) is 0 Å². The number of hydrogen-bond acceptors (Lipinski definition) is 0. The van der Waals surface area contributed by atoms with E-state index in [1.165, 1.54) is 89.0 Å². The molecule has 1 unspecified atom stereocenters. The second-order valence-electron chi connectivity index (χ2n) is 8.99. The van der Waals surface area contributed by atoms with Crippen molar-refractivity contribution in [1.82, 2.24) is 0 Å². The molecule has 0 spiro atoms. The van der Waals surface area contributed by atoms with Gasteiger partial charge < -0.3 is 0 Å². The second-order valence-corrected chi connectivity index (χ2v) is 8.99. The smallest absolute Gasteiger partial charge is 0.0162 e. The van der Waals surface area contributed by atoms with Gasteiger partial charge in [0.2, 0.25) is 0 Å². The van der Waals surface area contributed by atoms with Crippen molar-refractivity contribution in [3.8, 4) is 0 Å². The molecule has 2 aliphatic rings. The van der Waals surface area contributed by atoms with Crippen LogP contribution < -0.4 is 0 Å². The molecule has 0 radical (unpaired) electrons. The molecule has 0 heterocycles. The molecule has 1 aromatic rings. The molecular weight excluding hydrogens is 312 g/mol. The molecule has 26 heavy (non-hydrogen) atoms. The molecule has 0 bridgehead atoms. The number of allylic oxidation sites excluding steroid dienone is 2. The van der Waals surface area contributed by atoms with Gasteiger partial charge >= 0.3 is 0 Å². The molecule has 0 amide bonds. The van der Waals surface area contributed by atoms with Crippen LogP contribution in [-0.4, -0.2) is 0 Å². The highest BCUT2D eigenvalue weighted by Gasteiger charge is 2.22. The molecule has 1 atom stereocenters. The fourth-order valence-electron chi connectivity index (χ4n) is 5.15. The Labute approximate surface area is 162 Å². The van der Waals surface area contributed by atoms with Crippen LogP contribution in [-0.2, 0) is 0 Å². The summed E-state index contributed by atoms with van der Waals surface area (Å²) in [6, 6.07) is 9.71. The maximum Gasteiger partial charge on any atom is -0.0162 e. The molecule has 1 aromatic carbocycles. The van der Waals surface area contributed by atoms with Crippen molar-refractivity contribution in [3.63, 3.8) is 0 Å². The predicted octanol–water partition coefficient (Wildman–Crippen LogP) is 8.52. The minimum Gasteiger partial charge on any atom is -0.0804 e. The topological polar surface area (TPSA) is 0 Å². The zero-order chi connectivity index (χ0) is 18.2. The lowest BCUT2D eigenvalue weighted by atomic mass is 9.76. The summed E-state index contributed by atoms with van der Waals surface area (Å²) in [5, 5.41) is 0. The molecule has 0 nitrogen and oxygen atoms in total. The lowest BCUT2D eigenvalue weighted by Gasteiger charge is -2.29. The van der Waals surface area contributed by atoms with Crippen LogP contribution >= 0.6 is 0 Å². The molecular formula is C26H40. The molecule has 0 heteroatoms. The Bertz CT molecular complexity index is 542. The lowest BCUT2D eigenvalue weighted by Crippen LogP contribution is -2.13. The summed E-state index contributed by atoms with van der Waals surface area (Å²) >= 11 is 0. The average molecular weight is 353 g/mol. The van der Waals surface area contributed by atoms with Crippen LogP contribution in [0.4, 0.5) is 0 Å². The van der Waals surface area contributed by atoms with Gasteiger partial charge in [-0.2, -0.15) is 0 Å². The molecule has 0 aliphatic heterocycles. The van der Waals surface area contributed by atoms with Crippen molar-refractivity contribution in [2.45, 2.75) is 103 Å². The van der Waals surface area contributed by atoms with Gasteiger partial charge in [0.15, 0.2) is 0 Å². The first kappa shape index (κ1) is 19.7. The number of benzene rings is 1. The van der Waals surface area contributed by atoms with Gasteiger partial charge in [0.05, 0.1) is 0 Å². The Morgan fingerprint density at radius 1 is 0.769 bits per heavy atom. The Hall–Kier alpha value is -1.04. The van der Waals surface area contributed by atoms with Gasteiger partial charge in [0, 0.05) is 0 Å². The quantitative estimate of drug-likeness (QED) is 0.439. The van der Waals surface area contributed by atoms with Crippen LogP contribution in [0.3, 0.4) is 0 Å². The van der Waals surface area contributed by atoms with Crippen LogP contribution in [0, 0.1) is 11.8 Å². The molecule has 0 N–H and O–H groups in total. The summed E-state index contributed by atoms with van der Waals surface area (Å²) in [5.41, 5.74) is 4.69. The van der Waals surface area contributed by atoms with E-state index in [1.54, 1.807) is 11.1 Å². The largest absolute Gasteiger partial charge is 0.0804 e. The van der Waals surface area contributed by atoms with Gasteiger partial charge in [0.1, 0.15) is 0 Å². The maximum absolute atomic E-state index is 2.54. The summed E-state index contributed by atoms with van der Waals surface area (Å²) in [6.45, 7) is 4.63. The zero-order valence-corrected chi connectivity index (χ0v) is 17.3. The third-order valence-corrected chi connectivity index (χ3v) is 7.05. The van der Waals surface area contributed by atoms with E-state index < -0.39 is 0 Å². The molecule has 2 aliphatic carbocycles. The van der Waals surface area contributed by atoms with Gasteiger partial charge in [-0.05, 0) is 79.4 Å². The molecule has 144 valence electrons. The average Bonchev–Trinajstić information content (AvgIpc) is 2.72. The first-order chi connectivity index (χ1) is 12.8. The first-order valence-corrected chi connectivity index (χ1v) is 11.6. The van der Waals surface area contributed by atoms with E-state index in [2.05, 4.69) is 44.2 Å². The van der Waals surface area contributed by atoms with Crippen LogP contribution in [0.1, 0.15) is 114 Å². The highest BCUT2D eigenvalue weighted by molar-refractivity contribution is 5.66. The van der Waals surface area contributed by atoms with Crippen molar-refractivity contribution in [1.29, 1.82) is 0 Å². The van der Waals surface area contributed by atoms with Crippen LogP contribution in [0.25, 0.3) is 5.57 Å². The first-order valence-electron chi connectivity index (χ1n) is 11.6. The maximum atomic E-state index is 2.54. The Balaban J connectivity index is 1.51. The SMILES string of the molecule is CCCCC1CC=C(c2ccc([C@H]3CC[C@H](CCCC)CC3)cc2)CC1. The molecule has 1 fully saturated rings. The normalized spacial score (nSPS) is 26.5. The third-order valence-electron chi connectivity index (χ3n) is 7.05. The van der Waals surface area contributed by atoms with Crippen LogP contribution in [0.5, 0.6) is 0 Å². The van der Waals surface area contributed by atoms with E-state index in [9.17, 15) is 0 Å². The number of hydrogen-bond donors (Lipinski definition) is 0. The fraction of sp³-hybridized carbons (Fsp3) is 0.692. The van der Waals surface area contributed by atoms with Crippen molar-refractivity contribution >= 4 is 5.57 Å². The Morgan fingerprint density at radius 2 is 1.42 bits per heavy atom. The summed E-state index contributed by atoms with van der Waals surface area (Å²) < 4.78 is 0. The second kappa shape index (κ2) is 10.3. The summed E-state index contributed by atoms with van der Waals surface area (Å²) in [7, 11) is 0.